The molecule has 4 rings (SSSR count). The Bertz CT molecular complexity index is 639. The maximum atomic E-state index is 6.41. The quantitative estimate of drug-likeness (QED) is 0.937. The minimum atomic E-state index is 0.0526. The topological polar surface area (TPSA) is 35.2 Å². The molecule has 2 aromatic carbocycles. The maximum absolute atomic E-state index is 6.41. The molecule has 0 fully saturated rings. The summed E-state index contributed by atoms with van der Waals surface area (Å²) in [6, 6.07) is 15.2. The van der Waals surface area contributed by atoms with Crippen molar-refractivity contribution in [2.75, 3.05) is 0 Å². The van der Waals surface area contributed by atoms with Gasteiger partial charge in [-0.25, -0.2) is 0 Å². The van der Waals surface area contributed by atoms with E-state index in [1.807, 2.05) is 12.1 Å². The maximum Gasteiger partial charge on any atom is 0.123 e. The fraction of sp³-hybridized carbons (Fsp3) is 0.368. The predicted molar refractivity (Wildman–Crippen MR) is 84.7 cm³/mol. The van der Waals surface area contributed by atoms with Gasteiger partial charge in [0, 0.05) is 12.5 Å². The molecule has 21 heavy (non-hydrogen) atoms. The molecule has 108 valence electrons. The molecular formula is C19H21NO. The molecule has 0 bridgehead atoms. The van der Waals surface area contributed by atoms with Gasteiger partial charge >= 0.3 is 0 Å². The molecular weight excluding hydrogens is 258 g/mol. The number of benzene rings is 2. The second kappa shape index (κ2) is 5.19. The summed E-state index contributed by atoms with van der Waals surface area (Å²) < 4.78 is 6.01. The van der Waals surface area contributed by atoms with Crippen molar-refractivity contribution >= 4 is 0 Å². The summed E-state index contributed by atoms with van der Waals surface area (Å²) in [6.45, 7) is 0. The van der Waals surface area contributed by atoms with Crippen LogP contribution in [0.3, 0.4) is 0 Å². The third-order valence-electron chi connectivity index (χ3n) is 4.78. The Morgan fingerprint density at radius 2 is 1.90 bits per heavy atom. The van der Waals surface area contributed by atoms with Crippen molar-refractivity contribution in [1.82, 2.24) is 0 Å². The van der Waals surface area contributed by atoms with Gasteiger partial charge in [-0.15, -0.1) is 0 Å². The van der Waals surface area contributed by atoms with Gasteiger partial charge in [-0.1, -0.05) is 36.4 Å². The monoisotopic (exact) mass is 279 g/mol. The van der Waals surface area contributed by atoms with Crippen LogP contribution >= 0.6 is 0 Å². The van der Waals surface area contributed by atoms with Gasteiger partial charge in [-0.3, -0.25) is 0 Å². The van der Waals surface area contributed by atoms with Gasteiger partial charge in [0.1, 0.15) is 11.9 Å². The molecule has 2 N–H and O–H groups in total. The zero-order chi connectivity index (χ0) is 14.2. The lowest BCUT2D eigenvalue weighted by Gasteiger charge is -2.19. The van der Waals surface area contributed by atoms with E-state index in [9.17, 15) is 0 Å². The largest absolute Gasteiger partial charge is 0.488 e. The minimum Gasteiger partial charge on any atom is -0.488 e. The summed E-state index contributed by atoms with van der Waals surface area (Å²) in [4.78, 5) is 0. The van der Waals surface area contributed by atoms with Crippen molar-refractivity contribution in [3.8, 4) is 5.75 Å². The molecule has 0 saturated carbocycles. The first-order valence-corrected chi connectivity index (χ1v) is 7.90. The van der Waals surface area contributed by atoms with Crippen LogP contribution in [0.15, 0.2) is 42.5 Å². The summed E-state index contributed by atoms with van der Waals surface area (Å²) in [5.74, 6) is 1.01. The molecule has 0 spiro atoms. The third kappa shape index (κ3) is 2.44. The molecule has 2 atom stereocenters. The average molecular weight is 279 g/mol. The second-order valence-corrected chi connectivity index (χ2v) is 6.29. The third-order valence-corrected chi connectivity index (χ3v) is 4.78. The van der Waals surface area contributed by atoms with Gasteiger partial charge in [0.2, 0.25) is 0 Å². The van der Waals surface area contributed by atoms with E-state index in [-0.39, 0.29) is 12.1 Å². The van der Waals surface area contributed by atoms with Gasteiger partial charge in [0.25, 0.3) is 0 Å². The molecule has 1 heterocycles. The van der Waals surface area contributed by atoms with Crippen LogP contribution in [-0.4, -0.2) is 12.1 Å². The summed E-state index contributed by atoms with van der Waals surface area (Å²) in [6.07, 6.45) is 5.70. The SMILES string of the molecule is NC(Cc1ccc2c(c1)CCC2)C1Cc2ccccc2O1. The summed E-state index contributed by atoms with van der Waals surface area (Å²) in [5.41, 5.74) is 12.1. The fourth-order valence-corrected chi connectivity index (χ4v) is 3.60. The van der Waals surface area contributed by atoms with E-state index in [2.05, 4.69) is 30.3 Å². The molecule has 0 amide bonds. The molecule has 1 aliphatic carbocycles. The van der Waals surface area contributed by atoms with Gasteiger partial charge in [-0.2, -0.15) is 0 Å². The highest BCUT2D eigenvalue weighted by molar-refractivity contribution is 5.38. The second-order valence-electron chi connectivity index (χ2n) is 6.29. The van der Waals surface area contributed by atoms with E-state index in [1.54, 1.807) is 0 Å². The number of hydrogen-bond acceptors (Lipinski definition) is 2. The van der Waals surface area contributed by atoms with Gasteiger partial charge in [0.15, 0.2) is 0 Å². The van der Waals surface area contributed by atoms with Crippen LogP contribution in [0, 0.1) is 0 Å². The Morgan fingerprint density at radius 3 is 2.81 bits per heavy atom. The zero-order valence-corrected chi connectivity index (χ0v) is 12.2. The van der Waals surface area contributed by atoms with Gasteiger partial charge < -0.3 is 10.5 Å². The number of rotatable bonds is 3. The Morgan fingerprint density at radius 1 is 1.05 bits per heavy atom. The van der Waals surface area contributed by atoms with Crippen LogP contribution < -0.4 is 10.5 Å². The molecule has 1 aliphatic heterocycles. The van der Waals surface area contributed by atoms with Crippen molar-refractivity contribution in [3.63, 3.8) is 0 Å². The van der Waals surface area contributed by atoms with Crippen molar-refractivity contribution in [3.05, 3.63) is 64.7 Å². The molecule has 0 aromatic heterocycles. The molecule has 2 heteroatoms. The molecule has 0 radical (unpaired) electrons. The number of fused-ring (bicyclic) bond motifs is 2. The zero-order valence-electron chi connectivity index (χ0n) is 12.2. The summed E-state index contributed by atoms with van der Waals surface area (Å²) in [5, 5.41) is 0. The average Bonchev–Trinajstić information content (AvgIpc) is 3.13. The standard InChI is InChI=1S/C19H21NO/c20-17(19-12-16-4-1-2-7-18(16)21-19)11-13-8-9-14-5-3-6-15(14)10-13/h1-2,4,7-10,17,19H,3,5-6,11-12,20H2. The van der Waals surface area contributed by atoms with E-state index in [0.717, 1.165) is 18.6 Å². The van der Waals surface area contributed by atoms with Crippen molar-refractivity contribution in [2.24, 2.45) is 5.73 Å². The lowest BCUT2D eigenvalue weighted by Crippen LogP contribution is -2.39. The highest BCUT2D eigenvalue weighted by Crippen LogP contribution is 2.30. The van der Waals surface area contributed by atoms with E-state index >= 15 is 0 Å². The fourth-order valence-electron chi connectivity index (χ4n) is 3.60. The number of aryl methyl sites for hydroxylation is 2. The van der Waals surface area contributed by atoms with Crippen molar-refractivity contribution in [1.29, 1.82) is 0 Å². The van der Waals surface area contributed by atoms with Gasteiger partial charge in [0.05, 0.1) is 0 Å². The van der Waals surface area contributed by atoms with E-state index in [4.69, 9.17) is 10.5 Å². The Balaban J connectivity index is 1.46. The van der Waals surface area contributed by atoms with Crippen LogP contribution in [0.25, 0.3) is 0 Å². The highest BCUT2D eigenvalue weighted by atomic mass is 16.5. The molecule has 2 nitrogen and oxygen atoms in total. The van der Waals surface area contributed by atoms with Crippen LogP contribution in [0.2, 0.25) is 0 Å². The lowest BCUT2D eigenvalue weighted by atomic mass is 9.96. The van der Waals surface area contributed by atoms with Crippen molar-refractivity contribution in [2.45, 2.75) is 44.2 Å². The van der Waals surface area contributed by atoms with E-state index in [0.29, 0.717) is 0 Å². The van der Waals surface area contributed by atoms with Crippen molar-refractivity contribution < 1.29 is 4.74 Å². The number of nitrogens with two attached hydrogens (primary N) is 1. The first-order chi connectivity index (χ1) is 10.3. The number of hydrogen-bond donors (Lipinski definition) is 1. The first-order valence-electron chi connectivity index (χ1n) is 7.90. The Hall–Kier alpha value is -1.80. The predicted octanol–water partition coefficient (Wildman–Crippen LogP) is 3.05. The van der Waals surface area contributed by atoms with Crippen LogP contribution in [-0.2, 0) is 25.7 Å². The summed E-state index contributed by atoms with van der Waals surface area (Å²) in [7, 11) is 0. The first kappa shape index (κ1) is 12.9. The number of para-hydroxylation sites is 1. The molecule has 2 aromatic rings. The smallest absolute Gasteiger partial charge is 0.123 e. The van der Waals surface area contributed by atoms with Crippen LogP contribution in [0.5, 0.6) is 5.75 Å². The highest BCUT2D eigenvalue weighted by Gasteiger charge is 2.28. The van der Waals surface area contributed by atoms with Crippen LogP contribution in [0.1, 0.15) is 28.7 Å². The minimum absolute atomic E-state index is 0.0526. The number of ether oxygens (including phenoxy) is 1. The molecule has 2 aliphatic rings. The lowest BCUT2D eigenvalue weighted by molar-refractivity contribution is 0.198. The van der Waals surface area contributed by atoms with Gasteiger partial charge in [-0.05, 0) is 54.0 Å². The Labute approximate surface area is 125 Å². The normalized spacial score (nSPS) is 20.7. The molecule has 0 saturated heterocycles. The van der Waals surface area contributed by atoms with E-state index in [1.165, 1.54) is 41.5 Å². The van der Waals surface area contributed by atoms with E-state index < -0.39 is 0 Å². The molecule has 2 unspecified atom stereocenters. The Kier molecular flexibility index (Phi) is 3.19. The van der Waals surface area contributed by atoms with Crippen LogP contribution in [0.4, 0.5) is 0 Å². The summed E-state index contributed by atoms with van der Waals surface area (Å²) >= 11 is 0.